The lowest BCUT2D eigenvalue weighted by Gasteiger charge is -2.27. The van der Waals surface area contributed by atoms with Crippen LogP contribution in [0, 0.1) is 11.3 Å². The van der Waals surface area contributed by atoms with Gasteiger partial charge < -0.3 is 11.1 Å². The summed E-state index contributed by atoms with van der Waals surface area (Å²) in [5, 5.41) is 3.48. The van der Waals surface area contributed by atoms with Crippen LogP contribution >= 0.6 is 0 Å². The molecule has 0 spiro atoms. The third-order valence-electron chi connectivity index (χ3n) is 3.21. The highest BCUT2D eigenvalue weighted by molar-refractivity contribution is 5.40. The molecule has 0 saturated heterocycles. The Hall–Kier alpha value is -1.02. The quantitative estimate of drug-likeness (QED) is 0.765. The van der Waals surface area contributed by atoms with Crippen LogP contribution in [0.2, 0.25) is 0 Å². The third-order valence-corrected chi connectivity index (χ3v) is 3.21. The van der Waals surface area contributed by atoms with Crippen LogP contribution in [0.3, 0.4) is 0 Å². The lowest BCUT2D eigenvalue weighted by Crippen LogP contribution is -2.29. The van der Waals surface area contributed by atoms with Gasteiger partial charge in [0.1, 0.15) is 0 Å². The second-order valence-electron chi connectivity index (χ2n) is 5.64. The van der Waals surface area contributed by atoms with Crippen molar-refractivity contribution in [3.8, 4) is 0 Å². The van der Waals surface area contributed by atoms with Crippen LogP contribution in [0.15, 0.2) is 24.3 Å². The first kappa shape index (κ1) is 13.0. The van der Waals surface area contributed by atoms with Gasteiger partial charge in [0.2, 0.25) is 0 Å². The number of rotatable bonds is 4. The third kappa shape index (κ3) is 4.23. The van der Waals surface area contributed by atoms with Crippen molar-refractivity contribution in [3.63, 3.8) is 0 Å². The first-order valence-corrected chi connectivity index (χ1v) is 5.94. The van der Waals surface area contributed by atoms with E-state index in [1.54, 1.807) is 0 Å². The first-order chi connectivity index (χ1) is 7.39. The van der Waals surface area contributed by atoms with Crippen LogP contribution in [0.1, 0.15) is 33.3 Å². The molecule has 0 aliphatic carbocycles. The number of nitrogens with one attached hydrogen (secondary N) is 1. The normalized spacial score (nSPS) is 13.8. The fraction of sp³-hybridized carbons (Fsp3) is 0.571. The van der Waals surface area contributed by atoms with Gasteiger partial charge in [-0.2, -0.15) is 0 Å². The molecule has 0 amide bonds. The van der Waals surface area contributed by atoms with Crippen LogP contribution in [-0.4, -0.2) is 6.54 Å². The maximum absolute atomic E-state index is 5.73. The van der Waals surface area contributed by atoms with Crippen LogP contribution in [-0.2, 0) is 6.54 Å². The monoisotopic (exact) mass is 220 g/mol. The molecule has 1 rings (SSSR count). The molecule has 0 fully saturated rings. The highest BCUT2D eigenvalue weighted by Crippen LogP contribution is 2.24. The van der Waals surface area contributed by atoms with Crippen LogP contribution in [0.4, 0.5) is 5.69 Å². The Balaban J connectivity index is 2.36. The summed E-state index contributed by atoms with van der Waals surface area (Å²) in [4.78, 5) is 0. The Bertz CT molecular complexity index is 326. The van der Waals surface area contributed by atoms with E-state index < -0.39 is 0 Å². The molecule has 0 saturated carbocycles. The lowest BCUT2D eigenvalue weighted by atomic mass is 9.82. The topological polar surface area (TPSA) is 38.0 Å². The fourth-order valence-electron chi connectivity index (χ4n) is 1.44. The van der Waals surface area contributed by atoms with E-state index in [1.807, 2.05) is 18.2 Å². The van der Waals surface area contributed by atoms with E-state index in [2.05, 4.69) is 39.1 Å². The maximum atomic E-state index is 5.73. The molecule has 16 heavy (non-hydrogen) atoms. The first-order valence-electron chi connectivity index (χ1n) is 5.94. The van der Waals surface area contributed by atoms with Gasteiger partial charge in [-0.15, -0.1) is 0 Å². The van der Waals surface area contributed by atoms with Crippen molar-refractivity contribution in [1.82, 2.24) is 5.32 Å². The summed E-state index contributed by atoms with van der Waals surface area (Å²) in [7, 11) is 0. The molecule has 1 aromatic carbocycles. The number of anilines is 1. The highest BCUT2D eigenvalue weighted by atomic mass is 14.9. The molecule has 0 aliphatic rings. The minimum Gasteiger partial charge on any atom is -0.399 e. The smallest absolute Gasteiger partial charge is 0.0317 e. The molecular weight excluding hydrogens is 196 g/mol. The summed E-state index contributed by atoms with van der Waals surface area (Å²) in [6, 6.07) is 8.04. The van der Waals surface area contributed by atoms with Gasteiger partial charge in [-0.3, -0.25) is 0 Å². The van der Waals surface area contributed by atoms with Gasteiger partial charge in [-0.25, -0.2) is 0 Å². The average molecular weight is 220 g/mol. The molecule has 3 N–H and O–H groups in total. The number of nitrogens with two attached hydrogens (primary N) is 1. The van der Waals surface area contributed by atoms with E-state index in [1.165, 1.54) is 5.56 Å². The Morgan fingerprint density at radius 1 is 1.31 bits per heavy atom. The van der Waals surface area contributed by atoms with E-state index in [0.717, 1.165) is 18.8 Å². The molecule has 0 radical (unpaired) electrons. The number of nitrogen functional groups attached to an aromatic ring is 1. The zero-order chi connectivity index (χ0) is 12.2. The summed E-state index contributed by atoms with van der Waals surface area (Å²) in [5.74, 6) is 0.661. The summed E-state index contributed by atoms with van der Waals surface area (Å²) < 4.78 is 0. The van der Waals surface area contributed by atoms with E-state index in [9.17, 15) is 0 Å². The van der Waals surface area contributed by atoms with E-state index in [-0.39, 0.29) is 0 Å². The highest BCUT2D eigenvalue weighted by Gasteiger charge is 2.18. The summed E-state index contributed by atoms with van der Waals surface area (Å²) in [5.41, 5.74) is 8.18. The maximum Gasteiger partial charge on any atom is 0.0317 e. The molecule has 0 aliphatic heterocycles. The van der Waals surface area contributed by atoms with Crippen LogP contribution in [0.25, 0.3) is 0 Å². The molecule has 2 nitrogen and oxygen atoms in total. The molecule has 0 aromatic heterocycles. The molecule has 1 atom stereocenters. The lowest BCUT2D eigenvalue weighted by molar-refractivity contribution is 0.252. The van der Waals surface area contributed by atoms with Gasteiger partial charge in [0.05, 0.1) is 0 Å². The molecular formula is C14H24N2. The van der Waals surface area contributed by atoms with E-state index in [0.29, 0.717) is 11.3 Å². The van der Waals surface area contributed by atoms with E-state index in [4.69, 9.17) is 5.73 Å². The van der Waals surface area contributed by atoms with Crippen molar-refractivity contribution < 1.29 is 0 Å². The Morgan fingerprint density at radius 2 is 2.00 bits per heavy atom. The Morgan fingerprint density at radius 3 is 2.56 bits per heavy atom. The minimum absolute atomic E-state index is 0.364. The summed E-state index contributed by atoms with van der Waals surface area (Å²) in [6.07, 6.45) is 0. The van der Waals surface area contributed by atoms with Gasteiger partial charge >= 0.3 is 0 Å². The predicted octanol–water partition coefficient (Wildman–Crippen LogP) is 3.04. The van der Waals surface area contributed by atoms with Crippen LogP contribution in [0.5, 0.6) is 0 Å². The van der Waals surface area contributed by atoms with Crippen molar-refractivity contribution >= 4 is 5.69 Å². The van der Waals surface area contributed by atoms with E-state index >= 15 is 0 Å². The van der Waals surface area contributed by atoms with Crippen molar-refractivity contribution in [2.75, 3.05) is 12.3 Å². The Labute approximate surface area is 99.2 Å². The summed E-state index contributed by atoms with van der Waals surface area (Å²) in [6.45, 7) is 11.1. The molecule has 1 aromatic rings. The van der Waals surface area contributed by atoms with Crippen molar-refractivity contribution in [2.45, 2.75) is 34.2 Å². The van der Waals surface area contributed by atoms with Gasteiger partial charge in [-0.05, 0) is 35.6 Å². The summed E-state index contributed by atoms with van der Waals surface area (Å²) >= 11 is 0. The molecule has 0 bridgehead atoms. The zero-order valence-electron chi connectivity index (χ0n) is 10.9. The number of benzene rings is 1. The van der Waals surface area contributed by atoms with Gasteiger partial charge in [-0.1, -0.05) is 39.8 Å². The van der Waals surface area contributed by atoms with Gasteiger partial charge in [0.15, 0.2) is 0 Å². The van der Waals surface area contributed by atoms with Crippen molar-refractivity contribution in [1.29, 1.82) is 0 Å². The second-order valence-corrected chi connectivity index (χ2v) is 5.64. The second kappa shape index (κ2) is 5.35. The largest absolute Gasteiger partial charge is 0.399 e. The SMILES string of the molecule is CC(CNCc1cccc(N)c1)C(C)(C)C. The van der Waals surface area contributed by atoms with Gasteiger partial charge in [0, 0.05) is 12.2 Å². The average Bonchev–Trinajstić information content (AvgIpc) is 2.16. The number of hydrogen-bond donors (Lipinski definition) is 2. The fourth-order valence-corrected chi connectivity index (χ4v) is 1.44. The Kier molecular flexibility index (Phi) is 4.36. The van der Waals surface area contributed by atoms with Gasteiger partial charge in [0.25, 0.3) is 0 Å². The predicted molar refractivity (Wildman–Crippen MR) is 71.2 cm³/mol. The molecule has 1 unspecified atom stereocenters. The molecule has 0 heterocycles. The molecule has 90 valence electrons. The number of hydrogen-bond acceptors (Lipinski definition) is 2. The van der Waals surface area contributed by atoms with Crippen LogP contribution < -0.4 is 11.1 Å². The molecule has 2 heteroatoms. The minimum atomic E-state index is 0.364. The standard InChI is InChI=1S/C14H24N2/c1-11(14(2,3)4)9-16-10-12-6-5-7-13(15)8-12/h5-8,11,16H,9-10,15H2,1-4H3. The zero-order valence-corrected chi connectivity index (χ0v) is 10.9. The van der Waals surface area contributed by atoms with Crippen molar-refractivity contribution in [3.05, 3.63) is 29.8 Å². The van der Waals surface area contributed by atoms with Crippen molar-refractivity contribution in [2.24, 2.45) is 11.3 Å².